The lowest BCUT2D eigenvalue weighted by Gasteiger charge is -2.39. The number of hydrogen-bond donors (Lipinski definition) is 1. The Balaban J connectivity index is 1.80. The molecule has 1 saturated heterocycles. The Morgan fingerprint density at radius 1 is 1.32 bits per heavy atom. The van der Waals surface area contributed by atoms with Crippen molar-refractivity contribution in [2.24, 2.45) is 5.41 Å². The monoisotopic (exact) mass is 260 g/mol. The van der Waals surface area contributed by atoms with E-state index in [1.807, 2.05) is 0 Å². The van der Waals surface area contributed by atoms with Crippen molar-refractivity contribution in [2.75, 3.05) is 37.7 Å². The minimum absolute atomic E-state index is 0.385. The first-order valence-corrected chi connectivity index (χ1v) is 7.44. The highest BCUT2D eigenvalue weighted by Gasteiger charge is 2.30. The third-order valence-electron chi connectivity index (χ3n) is 4.29. The highest BCUT2D eigenvalue weighted by molar-refractivity contribution is 5.59. The Morgan fingerprint density at radius 3 is 3.05 bits per heavy atom. The summed E-state index contributed by atoms with van der Waals surface area (Å²) in [5, 5.41) is 3.55. The van der Waals surface area contributed by atoms with Crippen LogP contribution >= 0.6 is 0 Å². The highest BCUT2D eigenvalue weighted by Crippen LogP contribution is 2.34. The lowest BCUT2D eigenvalue weighted by atomic mass is 9.82. The largest absolute Gasteiger partial charge is 0.491 e. The molecule has 1 atom stereocenters. The van der Waals surface area contributed by atoms with Crippen molar-refractivity contribution in [1.82, 2.24) is 5.32 Å². The predicted octanol–water partition coefficient (Wildman–Crippen LogP) is 2.67. The maximum atomic E-state index is 5.84. The Bertz CT molecular complexity index is 427. The number of piperidine rings is 1. The Labute approximate surface area is 115 Å². The van der Waals surface area contributed by atoms with Gasteiger partial charge in [0.15, 0.2) is 0 Å². The zero-order chi connectivity index (χ0) is 13.1. The van der Waals surface area contributed by atoms with E-state index in [4.69, 9.17) is 4.74 Å². The van der Waals surface area contributed by atoms with Gasteiger partial charge in [0, 0.05) is 19.6 Å². The normalized spacial score (nSPS) is 27.3. The molecule has 104 valence electrons. The van der Waals surface area contributed by atoms with Crippen LogP contribution in [0.2, 0.25) is 0 Å². The molecule has 2 aliphatic heterocycles. The van der Waals surface area contributed by atoms with Gasteiger partial charge in [-0.25, -0.2) is 0 Å². The van der Waals surface area contributed by atoms with Crippen LogP contribution < -0.4 is 15.0 Å². The minimum Gasteiger partial charge on any atom is -0.491 e. The fourth-order valence-corrected chi connectivity index (χ4v) is 3.28. The summed E-state index contributed by atoms with van der Waals surface area (Å²) in [4.78, 5) is 2.52. The number of anilines is 1. The molecule has 1 unspecified atom stereocenters. The molecule has 1 aromatic carbocycles. The maximum Gasteiger partial charge on any atom is 0.142 e. The van der Waals surface area contributed by atoms with Crippen LogP contribution in [0.1, 0.15) is 26.2 Å². The standard InChI is InChI=1S/C16H24N2O/c1-16(8-4-9-17-12-16)13-18-10-5-11-19-15-7-3-2-6-14(15)18/h2-3,6-7,17H,4-5,8-13H2,1H3. The van der Waals surface area contributed by atoms with Crippen LogP contribution in [-0.2, 0) is 0 Å². The Kier molecular flexibility index (Phi) is 3.65. The third-order valence-corrected chi connectivity index (χ3v) is 4.29. The molecule has 0 radical (unpaired) electrons. The molecule has 1 fully saturated rings. The van der Waals surface area contributed by atoms with Crippen molar-refractivity contribution in [3.8, 4) is 5.75 Å². The molecule has 0 aliphatic carbocycles. The van der Waals surface area contributed by atoms with Gasteiger partial charge < -0.3 is 15.0 Å². The first-order chi connectivity index (χ1) is 9.27. The zero-order valence-corrected chi connectivity index (χ0v) is 11.8. The molecule has 3 nitrogen and oxygen atoms in total. The molecule has 2 heterocycles. The number of hydrogen-bond acceptors (Lipinski definition) is 3. The quantitative estimate of drug-likeness (QED) is 0.885. The number of ether oxygens (including phenoxy) is 1. The van der Waals surface area contributed by atoms with Gasteiger partial charge in [0.2, 0.25) is 0 Å². The van der Waals surface area contributed by atoms with Crippen LogP contribution in [0.15, 0.2) is 24.3 Å². The lowest BCUT2D eigenvalue weighted by Crippen LogP contribution is -2.46. The first-order valence-electron chi connectivity index (χ1n) is 7.44. The molecule has 3 heteroatoms. The van der Waals surface area contributed by atoms with Gasteiger partial charge in [-0.3, -0.25) is 0 Å². The van der Waals surface area contributed by atoms with E-state index in [9.17, 15) is 0 Å². The van der Waals surface area contributed by atoms with E-state index in [1.54, 1.807) is 0 Å². The van der Waals surface area contributed by atoms with Crippen molar-refractivity contribution in [1.29, 1.82) is 0 Å². The van der Waals surface area contributed by atoms with Crippen LogP contribution in [0.5, 0.6) is 5.75 Å². The number of nitrogens with one attached hydrogen (secondary N) is 1. The molecule has 0 aromatic heterocycles. The van der Waals surface area contributed by atoms with Gasteiger partial charge in [-0.15, -0.1) is 0 Å². The molecule has 1 aromatic rings. The van der Waals surface area contributed by atoms with Gasteiger partial charge in [0.1, 0.15) is 5.75 Å². The van der Waals surface area contributed by atoms with Crippen molar-refractivity contribution < 1.29 is 4.74 Å². The molecule has 0 spiro atoms. The van der Waals surface area contributed by atoms with Crippen LogP contribution in [0, 0.1) is 5.41 Å². The third kappa shape index (κ3) is 2.86. The van der Waals surface area contributed by atoms with Crippen LogP contribution in [-0.4, -0.2) is 32.8 Å². The molecule has 0 bridgehead atoms. The van der Waals surface area contributed by atoms with Gasteiger partial charge in [-0.05, 0) is 43.4 Å². The number of para-hydroxylation sites is 2. The van der Waals surface area contributed by atoms with Crippen molar-refractivity contribution in [2.45, 2.75) is 26.2 Å². The molecular formula is C16H24N2O. The van der Waals surface area contributed by atoms with Crippen LogP contribution in [0.3, 0.4) is 0 Å². The van der Waals surface area contributed by atoms with Gasteiger partial charge in [0.25, 0.3) is 0 Å². The molecular weight excluding hydrogens is 236 g/mol. The molecule has 0 amide bonds. The van der Waals surface area contributed by atoms with Crippen LogP contribution in [0.4, 0.5) is 5.69 Å². The highest BCUT2D eigenvalue weighted by atomic mass is 16.5. The minimum atomic E-state index is 0.385. The topological polar surface area (TPSA) is 24.5 Å². The zero-order valence-electron chi connectivity index (χ0n) is 11.8. The van der Waals surface area contributed by atoms with E-state index in [2.05, 4.69) is 41.4 Å². The first kappa shape index (κ1) is 12.8. The van der Waals surface area contributed by atoms with E-state index in [1.165, 1.54) is 25.1 Å². The molecule has 1 N–H and O–H groups in total. The predicted molar refractivity (Wildman–Crippen MR) is 79.0 cm³/mol. The van der Waals surface area contributed by atoms with E-state index in [0.717, 1.165) is 38.4 Å². The van der Waals surface area contributed by atoms with E-state index in [-0.39, 0.29) is 0 Å². The number of nitrogens with zero attached hydrogens (tertiary/aromatic N) is 1. The second-order valence-corrected chi connectivity index (χ2v) is 6.18. The van der Waals surface area contributed by atoms with E-state index in [0.29, 0.717) is 5.41 Å². The van der Waals surface area contributed by atoms with E-state index < -0.39 is 0 Å². The van der Waals surface area contributed by atoms with Gasteiger partial charge >= 0.3 is 0 Å². The molecule has 19 heavy (non-hydrogen) atoms. The number of benzene rings is 1. The summed E-state index contributed by atoms with van der Waals surface area (Å²) in [6.07, 6.45) is 3.72. The summed E-state index contributed by atoms with van der Waals surface area (Å²) in [7, 11) is 0. The van der Waals surface area contributed by atoms with Gasteiger partial charge in [0.05, 0.1) is 12.3 Å². The SMILES string of the molecule is CC1(CN2CCCOc3ccccc32)CCCNC1. The Morgan fingerprint density at radius 2 is 2.21 bits per heavy atom. The molecule has 0 saturated carbocycles. The van der Waals surface area contributed by atoms with Crippen molar-refractivity contribution >= 4 is 5.69 Å². The Hall–Kier alpha value is -1.22. The summed E-state index contributed by atoms with van der Waals surface area (Å²) in [6.45, 7) is 7.78. The van der Waals surface area contributed by atoms with Crippen LogP contribution in [0.25, 0.3) is 0 Å². The second kappa shape index (κ2) is 5.41. The summed E-state index contributed by atoms with van der Waals surface area (Å²) in [6, 6.07) is 8.46. The summed E-state index contributed by atoms with van der Waals surface area (Å²) in [5.74, 6) is 1.05. The summed E-state index contributed by atoms with van der Waals surface area (Å²) in [5.41, 5.74) is 1.65. The van der Waals surface area contributed by atoms with Crippen molar-refractivity contribution in [3.05, 3.63) is 24.3 Å². The number of rotatable bonds is 2. The summed E-state index contributed by atoms with van der Waals surface area (Å²) < 4.78 is 5.84. The van der Waals surface area contributed by atoms with Gasteiger partial charge in [-0.2, -0.15) is 0 Å². The average Bonchev–Trinajstić information content (AvgIpc) is 2.62. The summed E-state index contributed by atoms with van der Waals surface area (Å²) >= 11 is 0. The average molecular weight is 260 g/mol. The number of fused-ring (bicyclic) bond motifs is 1. The second-order valence-electron chi connectivity index (χ2n) is 6.18. The van der Waals surface area contributed by atoms with Crippen molar-refractivity contribution in [3.63, 3.8) is 0 Å². The molecule has 3 rings (SSSR count). The maximum absolute atomic E-state index is 5.84. The fourth-order valence-electron chi connectivity index (χ4n) is 3.28. The van der Waals surface area contributed by atoms with Gasteiger partial charge in [-0.1, -0.05) is 19.1 Å². The fraction of sp³-hybridized carbons (Fsp3) is 0.625. The molecule has 2 aliphatic rings. The lowest BCUT2D eigenvalue weighted by molar-refractivity contribution is 0.240. The van der Waals surface area contributed by atoms with E-state index >= 15 is 0 Å². The smallest absolute Gasteiger partial charge is 0.142 e.